The molecule has 0 aliphatic rings. The van der Waals surface area contributed by atoms with Crippen LogP contribution in [0.15, 0.2) is 70.3 Å². The molecule has 4 rings (SSSR count). The second-order valence-corrected chi connectivity index (χ2v) is 8.31. The van der Waals surface area contributed by atoms with Gasteiger partial charge < -0.3 is 20.5 Å². The Hall–Kier alpha value is -3.95. The van der Waals surface area contributed by atoms with Gasteiger partial charge in [-0.3, -0.25) is 14.9 Å². The summed E-state index contributed by atoms with van der Waals surface area (Å²) in [5.74, 6) is -0.771. The zero-order valence-electron chi connectivity index (χ0n) is 20.3. The molecule has 194 valence electrons. The van der Waals surface area contributed by atoms with Crippen LogP contribution in [0, 0.1) is 11.6 Å². The van der Waals surface area contributed by atoms with Gasteiger partial charge in [0, 0.05) is 11.7 Å². The Morgan fingerprint density at radius 3 is 2.14 bits per heavy atom. The molecule has 0 saturated carbocycles. The summed E-state index contributed by atoms with van der Waals surface area (Å²) < 4.78 is 38.2. The highest BCUT2D eigenvalue weighted by Gasteiger charge is 2.22. The minimum absolute atomic E-state index is 0. The topological polar surface area (TPSA) is 103 Å². The number of methoxy groups -OCH3 is 2. The predicted octanol–water partition coefficient (Wildman–Crippen LogP) is 4.77. The van der Waals surface area contributed by atoms with E-state index >= 15 is 0 Å². The second-order valence-electron chi connectivity index (χ2n) is 8.31. The third-order valence-corrected chi connectivity index (χ3v) is 6.04. The first kappa shape index (κ1) is 27.6. The molecule has 0 aliphatic carbocycles. The van der Waals surface area contributed by atoms with Crippen LogP contribution in [0.2, 0.25) is 0 Å². The van der Waals surface area contributed by atoms with Crippen LogP contribution < -0.4 is 36.7 Å². The number of nitrogens with one attached hydrogen (secondary N) is 2. The van der Waals surface area contributed by atoms with Gasteiger partial charge in [0.25, 0.3) is 10.9 Å². The lowest BCUT2D eigenvalue weighted by atomic mass is 9.95. The van der Waals surface area contributed by atoms with Gasteiger partial charge in [0.05, 0.1) is 20.3 Å². The Morgan fingerprint density at radius 1 is 0.811 bits per heavy atom. The summed E-state index contributed by atoms with van der Waals surface area (Å²) in [6, 6.07) is 15.6. The normalized spacial score (nSPS) is 12.5. The van der Waals surface area contributed by atoms with Crippen molar-refractivity contribution < 1.29 is 18.3 Å². The molecule has 0 radical (unpaired) electrons. The van der Waals surface area contributed by atoms with Gasteiger partial charge in [0.2, 0.25) is 0 Å². The van der Waals surface area contributed by atoms with Crippen LogP contribution in [0.25, 0.3) is 0 Å². The van der Waals surface area contributed by atoms with Crippen molar-refractivity contribution in [1.29, 1.82) is 0 Å². The third kappa shape index (κ3) is 5.58. The SMILES string of the molecule is COc1ccc(C(NC(C)c2ccc(F)c(F)c2)c2cccc(Nc3c(N)c(=O)c3=O)c2)cc1OC.Cl. The first-order valence-electron chi connectivity index (χ1n) is 11.1. The minimum atomic E-state index is -0.930. The van der Waals surface area contributed by atoms with E-state index in [9.17, 15) is 18.4 Å². The largest absolute Gasteiger partial charge is 0.493 e. The number of hydrogen-bond donors (Lipinski definition) is 3. The fourth-order valence-corrected chi connectivity index (χ4v) is 4.02. The summed E-state index contributed by atoms with van der Waals surface area (Å²) in [5.41, 5.74) is 6.95. The molecule has 0 fully saturated rings. The van der Waals surface area contributed by atoms with Gasteiger partial charge in [-0.1, -0.05) is 24.3 Å². The van der Waals surface area contributed by atoms with Crippen LogP contribution in [0.4, 0.5) is 25.8 Å². The van der Waals surface area contributed by atoms with Crippen molar-refractivity contribution >= 4 is 29.5 Å². The zero-order chi connectivity index (χ0) is 26.0. The van der Waals surface area contributed by atoms with Crippen LogP contribution >= 0.6 is 12.4 Å². The molecule has 0 amide bonds. The number of ether oxygens (including phenoxy) is 2. The molecule has 0 bridgehead atoms. The average molecular weight is 530 g/mol. The lowest BCUT2D eigenvalue weighted by molar-refractivity contribution is 0.354. The Kier molecular flexibility index (Phi) is 8.52. The van der Waals surface area contributed by atoms with E-state index in [0.29, 0.717) is 22.7 Å². The standard InChI is InChI=1S/C27H25F2N3O4.ClH/c1-14(15-7-9-19(28)20(29)12-15)31-24(17-8-10-21(35-2)22(13-17)36-3)16-5-4-6-18(11-16)32-25-23(30)26(33)27(25)34;/h4-14,24,31-32H,30H2,1-3H3;1H. The molecule has 7 nitrogen and oxygen atoms in total. The van der Waals surface area contributed by atoms with Crippen molar-refractivity contribution in [3.05, 3.63) is 109 Å². The Labute approximate surface area is 218 Å². The van der Waals surface area contributed by atoms with E-state index < -0.39 is 28.5 Å². The van der Waals surface area contributed by atoms with Gasteiger partial charge >= 0.3 is 0 Å². The molecule has 0 heterocycles. The molecule has 0 aromatic heterocycles. The third-order valence-electron chi connectivity index (χ3n) is 6.04. The van der Waals surface area contributed by atoms with E-state index in [0.717, 1.165) is 23.3 Å². The van der Waals surface area contributed by atoms with Gasteiger partial charge in [-0.2, -0.15) is 0 Å². The lowest BCUT2D eigenvalue weighted by Crippen LogP contribution is -2.36. The summed E-state index contributed by atoms with van der Waals surface area (Å²) in [7, 11) is 3.08. The van der Waals surface area contributed by atoms with Crippen molar-refractivity contribution in [3.63, 3.8) is 0 Å². The molecule has 37 heavy (non-hydrogen) atoms. The number of hydrogen-bond acceptors (Lipinski definition) is 7. The monoisotopic (exact) mass is 529 g/mol. The van der Waals surface area contributed by atoms with Crippen LogP contribution in [0.1, 0.15) is 35.7 Å². The van der Waals surface area contributed by atoms with Gasteiger partial charge in [0.1, 0.15) is 11.4 Å². The molecule has 2 atom stereocenters. The van der Waals surface area contributed by atoms with Crippen LogP contribution in [0.3, 0.4) is 0 Å². The summed E-state index contributed by atoms with van der Waals surface area (Å²) >= 11 is 0. The number of nitrogens with two attached hydrogens (primary N) is 1. The molecule has 0 spiro atoms. The molecule has 0 aliphatic heterocycles. The van der Waals surface area contributed by atoms with E-state index in [1.807, 2.05) is 31.2 Å². The van der Waals surface area contributed by atoms with Gasteiger partial charge in [0.15, 0.2) is 23.1 Å². The maximum atomic E-state index is 13.9. The van der Waals surface area contributed by atoms with E-state index in [-0.39, 0.29) is 29.8 Å². The van der Waals surface area contributed by atoms with Gasteiger partial charge in [-0.15, -0.1) is 12.4 Å². The smallest absolute Gasteiger partial charge is 0.253 e. The van der Waals surface area contributed by atoms with E-state index in [1.165, 1.54) is 13.2 Å². The predicted molar refractivity (Wildman–Crippen MR) is 142 cm³/mol. The molecule has 0 saturated heterocycles. The van der Waals surface area contributed by atoms with Crippen molar-refractivity contribution in [3.8, 4) is 11.5 Å². The summed E-state index contributed by atoms with van der Waals surface area (Å²) in [6.45, 7) is 1.84. The number of rotatable bonds is 9. The Bertz CT molecular complexity index is 1490. The molecular weight excluding hydrogens is 504 g/mol. The number of nitrogen functional groups attached to an aromatic ring is 1. The van der Waals surface area contributed by atoms with Crippen LogP contribution in [0.5, 0.6) is 11.5 Å². The molecule has 4 aromatic carbocycles. The maximum Gasteiger partial charge on any atom is 0.253 e. The first-order valence-corrected chi connectivity index (χ1v) is 11.1. The van der Waals surface area contributed by atoms with Gasteiger partial charge in [-0.25, -0.2) is 8.78 Å². The number of anilines is 3. The highest BCUT2D eigenvalue weighted by molar-refractivity contribution is 5.85. The van der Waals surface area contributed by atoms with Crippen LogP contribution in [-0.2, 0) is 0 Å². The molecule has 4 N–H and O–H groups in total. The second kappa shape index (κ2) is 11.4. The van der Waals surface area contributed by atoms with Crippen molar-refractivity contribution in [2.75, 3.05) is 25.3 Å². The first-order chi connectivity index (χ1) is 17.2. The lowest BCUT2D eigenvalue weighted by Gasteiger charge is -2.26. The summed E-state index contributed by atoms with van der Waals surface area (Å²) in [6.07, 6.45) is 0. The summed E-state index contributed by atoms with van der Waals surface area (Å²) in [5, 5.41) is 6.38. The average Bonchev–Trinajstić information content (AvgIpc) is 2.90. The Balaban J connectivity index is 0.00000380. The van der Waals surface area contributed by atoms with Gasteiger partial charge in [-0.05, 0) is 60.0 Å². The minimum Gasteiger partial charge on any atom is -0.493 e. The molecule has 10 heteroatoms. The van der Waals surface area contributed by atoms with E-state index in [4.69, 9.17) is 15.2 Å². The van der Waals surface area contributed by atoms with E-state index in [2.05, 4.69) is 10.6 Å². The van der Waals surface area contributed by atoms with E-state index in [1.54, 1.807) is 25.3 Å². The van der Waals surface area contributed by atoms with Crippen molar-refractivity contribution in [1.82, 2.24) is 5.32 Å². The zero-order valence-corrected chi connectivity index (χ0v) is 21.1. The fraction of sp³-hybridized carbons (Fsp3) is 0.185. The fourth-order valence-electron chi connectivity index (χ4n) is 4.02. The quantitative estimate of drug-likeness (QED) is 0.268. The molecular formula is C27H26ClF2N3O4. The number of halogens is 3. The van der Waals surface area contributed by atoms with Crippen LogP contribution in [-0.4, -0.2) is 14.2 Å². The Morgan fingerprint density at radius 2 is 1.49 bits per heavy atom. The highest BCUT2D eigenvalue weighted by Crippen LogP contribution is 2.34. The molecule has 4 aromatic rings. The summed E-state index contributed by atoms with van der Waals surface area (Å²) in [4.78, 5) is 23.3. The highest BCUT2D eigenvalue weighted by atomic mass is 35.5. The maximum absolute atomic E-state index is 13.9. The molecule has 2 unspecified atom stereocenters. The van der Waals surface area contributed by atoms with Crippen molar-refractivity contribution in [2.45, 2.75) is 19.0 Å². The number of benzene rings is 3. The van der Waals surface area contributed by atoms with Crippen molar-refractivity contribution in [2.24, 2.45) is 0 Å².